The molecule has 4 nitrogen and oxygen atoms in total. The maximum Gasteiger partial charge on any atom is 0.118 e. The molecule has 3 aromatic rings. The number of ether oxygens (including phenoxy) is 2. The first-order valence-corrected chi connectivity index (χ1v) is 8.58. The summed E-state index contributed by atoms with van der Waals surface area (Å²) < 4.78 is 13.7. The molecule has 1 aromatic heterocycles. The third-order valence-corrected chi connectivity index (χ3v) is 4.94. The highest BCUT2D eigenvalue weighted by molar-refractivity contribution is 6.30. The van der Waals surface area contributed by atoms with Gasteiger partial charge in [-0.3, -0.25) is 0 Å². The molecule has 5 heteroatoms. The number of halogens is 1. The van der Waals surface area contributed by atoms with Crippen molar-refractivity contribution in [2.75, 3.05) is 7.11 Å². The van der Waals surface area contributed by atoms with Crippen LogP contribution < -0.4 is 4.74 Å². The highest BCUT2D eigenvalue weighted by Crippen LogP contribution is 2.41. The molecule has 0 amide bonds. The summed E-state index contributed by atoms with van der Waals surface area (Å²) in [7, 11) is 1.68. The van der Waals surface area contributed by atoms with Crippen molar-refractivity contribution in [1.29, 1.82) is 0 Å². The molecule has 1 atom stereocenters. The Bertz CT molecular complexity index is 862. The number of methoxy groups -OCH3 is 1. The maximum absolute atomic E-state index is 6.36. The Kier molecular flexibility index (Phi) is 4.24. The Morgan fingerprint density at radius 3 is 2.80 bits per heavy atom. The van der Waals surface area contributed by atoms with Crippen LogP contribution in [0.5, 0.6) is 5.75 Å². The van der Waals surface area contributed by atoms with Crippen molar-refractivity contribution < 1.29 is 9.47 Å². The summed E-state index contributed by atoms with van der Waals surface area (Å²) in [6, 6.07) is 14.2. The summed E-state index contributed by atoms with van der Waals surface area (Å²) in [6.07, 6.45) is 6.35. The van der Waals surface area contributed by atoms with Crippen molar-refractivity contribution in [2.45, 2.75) is 25.2 Å². The summed E-state index contributed by atoms with van der Waals surface area (Å²) in [5.41, 5.74) is 3.11. The van der Waals surface area contributed by atoms with E-state index in [1.165, 1.54) is 11.1 Å². The number of benzene rings is 2. The minimum atomic E-state index is -0.435. The monoisotopic (exact) mass is 354 g/mol. The largest absolute Gasteiger partial charge is 0.497 e. The Hall–Kier alpha value is -2.30. The van der Waals surface area contributed by atoms with Gasteiger partial charge in [-0.1, -0.05) is 29.8 Å². The van der Waals surface area contributed by atoms with Crippen LogP contribution in [0, 0.1) is 0 Å². The second-order valence-corrected chi connectivity index (χ2v) is 6.78. The number of fused-ring (bicyclic) bond motifs is 1. The average molecular weight is 355 g/mol. The molecule has 4 rings (SSSR count). The average Bonchev–Trinajstić information content (AvgIpc) is 3.24. The third-order valence-electron chi connectivity index (χ3n) is 4.71. The van der Waals surface area contributed by atoms with E-state index < -0.39 is 5.60 Å². The number of nitrogens with zero attached hydrogens (tertiary/aromatic N) is 2. The molecule has 0 radical (unpaired) electrons. The topological polar surface area (TPSA) is 36.3 Å². The van der Waals surface area contributed by atoms with Gasteiger partial charge >= 0.3 is 0 Å². The lowest BCUT2D eigenvalue weighted by atomic mass is 9.86. The van der Waals surface area contributed by atoms with Crippen LogP contribution in [0.3, 0.4) is 0 Å². The minimum absolute atomic E-state index is 0.435. The Labute approximate surface area is 152 Å². The standard InChI is InChI=1S/C20H19ClN2O2/c1-24-18-5-2-15(3-6-18)11-20(13-23-9-8-22-14-23)19-7-4-17(21)10-16(19)12-25-20/h2-10,14H,11-13H2,1H3. The maximum atomic E-state index is 6.36. The van der Waals surface area contributed by atoms with Crippen LogP contribution in [-0.2, 0) is 29.9 Å². The molecule has 128 valence electrons. The van der Waals surface area contributed by atoms with Crippen LogP contribution in [0.1, 0.15) is 16.7 Å². The third kappa shape index (κ3) is 3.15. The second kappa shape index (κ2) is 6.54. The smallest absolute Gasteiger partial charge is 0.118 e. The summed E-state index contributed by atoms with van der Waals surface area (Å²) in [6.45, 7) is 1.27. The Morgan fingerprint density at radius 1 is 1.24 bits per heavy atom. The van der Waals surface area contributed by atoms with Crippen LogP contribution in [-0.4, -0.2) is 16.7 Å². The van der Waals surface area contributed by atoms with E-state index in [1.54, 1.807) is 13.3 Å². The van der Waals surface area contributed by atoms with Crippen LogP contribution in [0.25, 0.3) is 0 Å². The fraction of sp³-hybridized carbons (Fsp3) is 0.250. The lowest BCUT2D eigenvalue weighted by Crippen LogP contribution is -2.33. The van der Waals surface area contributed by atoms with Gasteiger partial charge in [0.1, 0.15) is 11.4 Å². The molecule has 2 heterocycles. The van der Waals surface area contributed by atoms with Gasteiger partial charge in [0.2, 0.25) is 0 Å². The molecule has 0 bridgehead atoms. The second-order valence-electron chi connectivity index (χ2n) is 6.34. The van der Waals surface area contributed by atoms with E-state index in [2.05, 4.69) is 27.8 Å². The molecule has 0 aliphatic carbocycles. The van der Waals surface area contributed by atoms with Gasteiger partial charge < -0.3 is 14.0 Å². The highest BCUT2D eigenvalue weighted by Gasteiger charge is 2.40. The van der Waals surface area contributed by atoms with Crippen LogP contribution in [0.2, 0.25) is 5.02 Å². The van der Waals surface area contributed by atoms with E-state index in [1.807, 2.05) is 36.8 Å². The van der Waals surface area contributed by atoms with Gasteiger partial charge in [-0.25, -0.2) is 4.98 Å². The van der Waals surface area contributed by atoms with Gasteiger partial charge in [0, 0.05) is 23.8 Å². The predicted octanol–water partition coefficient (Wildman–Crippen LogP) is 4.21. The highest BCUT2D eigenvalue weighted by atomic mass is 35.5. The fourth-order valence-corrected chi connectivity index (χ4v) is 3.70. The normalized spacial score (nSPS) is 19.0. The van der Waals surface area contributed by atoms with Gasteiger partial charge in [-0.2, -0.15) is 0 Å². The Balaban J connectivity index is 1.72. The molecule has 2 aromatic carbocycles. The number of hydrogen-bond acceptors (Lipinski definition) is 3. The molecule has 0 saturated heterocycles. The summed E-state index contributed by atoms with van der Waals surface area (Å²) in [5, 5.41) is 0.741. The van der Waals surface area contributed by atoms with Crippen molar-refractivity contribution in [1.82, 2.24) is 9.55 Å². The van der Waals surface area contributed by atoms with E-state index in [4.69, 9.17) is 21.1 Å². The van der Waals surface area contributed by atoms with Gasteiger partial charge in [0.25, 0.3) is 0 Å². The zero-order valence-electron chi connectivity index (χ0n) is 14.0. The number of hydrogen-bond donors (Lipinski definition) is 0. The molecular weight excluding hydrogens is 336 g/mol. The van der Waals surface area contributed by atoms with Gasteiger partial charge in [-0.15, -0.1) is 0 Å². The summed E-state index contributed by atoms with van der Waals surface area (Å²) >= 11 is 6.17. The van der Waals surface area contributed by atoms with Crippen molar-refractivity contribution in [3.63, 3.8) is 0 Å². The van der Waals surface area contributed by atoms with Crippen molar-refractivity contribution >= 4 is 11.6 Å². The van der Waals surface area contributed by atoms with E-state index in [0.717, 1.165) is 22.8 Å². The molecule has 1 aliphatic heterocycles. The van der Waals surface area contributed by atoms with Crippen LogP contribution >= 0.6 is 11.6 Å². The first-order valence-electron chi connectivity index (χ1n) is 8.20. The van der Waals surface area contributed by atoms with E-state index in [-0.39, 0.29) is 0 Å². The van der Waals surface area contributed by atoms with E-state index >= 15 is 0 Å². The molecule has 0 spiro atoms. The lowest BCUT2D eigenvalue weighted by Gasteiger charge is -2.30. The molecule has 1 aliphatic rings. The molecular formula is C20H19ClN2O2. The van der Waals surface area contributed by atoms with Crippen molar-refractivity contribution in [2.24, 2.45) is 0 Å². The van der Waals surface area contributed by atoms with E-state index in [0.29, 0.717) is 13.2 Å². The van der Waals surface area contributed by atoms with Gasteiger partial charge in [-0.05, 0) is 41.0 Å². The number of imidazole rings is 1. The van der Waals surface area contributed by atoms with Crippen LogP contribution in [0.15, 0.2) is 61.2 Å². The molecule has 25 heavy (non-hydrogen) atoms. The minimum Gasteiger partial charge on any atom is -0.497 e. The zero-order chi connectivity index (χ0) is 17.3. The summed E-state index contributed by atoms with van der Waals surface area (Å²) in [5.74, 6) is 0.854. The molecule has 0 N–H and O–H groups in total. The van der Waals surface area contributed by atoms with Gasteiger partial charge in [0.15, 0.2) is 0 Å². The number of rotatable bonds is 5. The summed E-state index contributed by atoms with van der Waals surface area (Å²) in [4.78, 5) is 4.16. The SMILES string of the molecule is COc1ccc(CC2(Cn3ccnc3)OCc3cc(Cl)ccc32)cc1. The van der Waals surface area contributed by atoms with Crippen LogP contribution in [0.4, 0.5) is 0 Å². The van der Waals surface area contributed by atoms with E-state index in [9.17, 15) is 0 Å². The van der Waals surface area contributed by atoms with Crippen molar-refractivity contribution in [3.8, 4) is 5.75 Å². The Morgan fingerprint density at radius 2 is 2.08 bits per heavy atom. The first kappa shape index (κ1) is 16.2. The molecule has 1 unspecified atom stereocenters. The quantitative estimate of drug-likeness (QED) is 0.688. The zero-order valence-corrected chi connectivity index (χ0v) is 14.7. The van der Waals surface area contributed by atoms with Gasteiger partial charge in [0.05, 0.1) is 26.6 Å². The lowest BCUT2D eigenvalue weighted by molar-refractivity contribution is -0.0506. The fourth-order valence-electron chi connectivity index (χ4n) is 3.50. The molecule has 0 fully saturated rings. The first-order chi connectivity index (χ1) is 12.2. The number of aromatic nitrogens is 2. The predicted molar refractivity (Wildman–Crippen MR) is 96.8 cm³/mol. The van der Waals surface area contributed by atoms with Crippen molar-refractivity contribution in [3.05, 3.63) is 82.9 Å². The molecule has 0 saturated carbocycles.